The van der Waals surface area contributed by atoms with E-state index in [0.29, 0.717) is 12.8 Å². The first-order valence-corrected chi connectivity index (χ1v) is 17.0. The van der Waals surface area contributed by atoms with Crippen molar-refractivity contribution in [1.82, 2.24) is 0 Å². The molecule has 3 fully saturated rings. The second kappa shape index (κ2) is 10.2. The monoisotopic (exact) mass is 940 g/mol. The maximum absolute atomic E-state index is 14.2. The van der Waals surface area contributed by atoms with Crippen molar-refractivity contribution < 1.29 is 35.8 Å². The number of alkyl halides is 12. The summed E-state index contributed by atoms with van der Waals surface area (Å²) in [6.45, 7) is 11.5. The van der Waals surface area contributed by atoms with Gasteiger partial charge in [0.1, 0.15) is 5.60 Å². The molecule has 2 saturated carbocycles. The van der Waals surface area contributed by atoms with Crippen LogP contribution in [0.5, 0.6) is 0 Å². The molecule has 3 aliphatic rings. The summed E-state index contributed by atoms with van der Waals surface area (Å²) in [6.07, 6.45) is -9.98. The molecule has 1 heterocycles. The molecular weight excluding hydrogens is 914 g/mol. The quantitative estimate of drug-likeness (QED) is 0.207. The van der Waals surface area contributed by atoms with E-state index in [-0.39, 0.29) is 29.6 Å². The fourth-order valence-corrected chi connectivity index (χ4v) is 14.5. The SMILES string of the molecule is CC1C2CC(CC2C(OC(C)(C)C)(C(Br)(Br)Br)C(Br)(Br)Br)C1C1C(C)C(C(F)(F)F)(C(F)(F)F)OC1(C)C. The van der Waals surface area contributed by atoms with Gasteiger partial charge in [0.2, 0.25) is 0 Å². The normalized spacial score (nSPS) is 36.2. The van der Waals surface area contributed by atoms with Crippen LogP contribution < -0.4 is 0 Å². The van der Waals surface area contributed by atoms with Crippen molar-refractivity contribution in [3.05, 3.63) is 0 Å². The fraction of sp³-hybridized carbons (Fsp3) is 1.00. The number of ether oxygens (including phenoxy) is 2. The maximum Gasteiger partial charge on any atom is 0.426 e. The minimum Gasteiger partial charge on any atom is -0.363 e. The molecule has 14 heteroatoms. The summed E-state index contributed by atoms with van der Waals surface area (Å²) in [5.41, 5.74) is -7.50. The van der Waals surface area contributed by atoms with E-state index in [1.807, 2.05) is 27.7 Å². The third kappa shape index (κ3) is 5.32. The van der Waals surface area contributed by atoms with Gasteiger partial charge in [0.25, 0.3) is 5.60 Å². The highest BCUT2D eigenvalue weighted by Crippen LogP contribution is 2.73. The van der Waals surface area contributed by atoms with Gasteiger partial charge in [-0.2, -0.15) is 26.3 Å². The molecule has 0 aromatic carbocycles. The summed E-state index contributed by atoms with van der Waals surface area (Å²) in [5, 5.41) is 0. The highest BCUT2D eigenvalue weighted by molar-refractivity contribution is 9.41. The molecule has 0 radical (unpaired) electrons. The molecule has 224 valence electrons. The van der Waals surface area contributed by atoms with Crippen molar-refractivity contribution in [1.29, 1.82) is 0 Å². The Hall–Kier alpha value is 2.38. The summed E-state index contributed by atoms with van der Waals surface area (Å²) >= 11 is 22.2. The summed E-state index contributed by atoms with van der Waals surface area (Å²) in [4.78, 5) is 0. The molecule has 0 aromatic heterocycles. The molecular formula is C24H32Br6F6O2. The van der Waals surface area contributed by atoms with Crippen LogP contribution in [-0.2, 0) is 9.47 Å². The first kappa shape index (κ1) is 34.9. The summed E-state index contributed by atoms with van der Waals surface area (Å²) in [5.74, 6) is -3.61. The van der Waals surface area contributed by atoms with Crippen LogP contribution in [0.4, 0.5) is 26.3 Å². The zero-order chi connectivity index (χ0) is 29.9. The lowest BCUT2D eigenvalue weighted by atomic mass is 9.59. The van der Waals surface area contributed by atoms with Gasteiger partial charge >= 0.3 is 12.4 Å². The van der Waals surface area contributed by atoms with Crippen LogP contribution in [0.2, 0.25) is 0 Å². The number of hydrogen-bond acceptors (Lipinski definition) is 2. The van der Waals surface area contributed by atoms with Crippen LogP contribution in [0.15, 0.2) is 0 Å². The van der Waals surface area contributed by atoms with Crippen LogP contribution in [-0.4, -0.2) is 39.0 Å². The Kier molecular flexibility index (Phi) is 9.37. The Morgan fingerprint density at radius 3 is 1.55 bits per heavy atom. The molecule has 2 nitrogen and oxygen atoms in total. The number of rotatable bonds is 3. The molecule has 3 rings (SSSR count). The Labute approximate surface area is 271 Å². The van der Waals surface area contributed by atoms with Crippen molar-refractivity contribution in [2.45, 2.75) is 100 Å². The largest absolute Gasteiger partial charge is 0.426 e. The smallest absolute Gasteiger partial charge is 0.363 e. The van der Waals surface area contributed by atoms with Crippen molar-refractivity contribution in [3.8, 4) is 0 Å². The topological polar surface area (TPSA) is 18.5 Å². The molecule has 7 atom stereocenters. The van der Waals surface area contributed by atoms with Gasteiger partial charge in [0.15, 0.2) is 4.29 Å². The minimum absolute atomic E-state index is 0.0406. The highest BCUT2D eigenvalue weighted by Gasteiger charge is 2.82. The van der Waals surface area contributed by atoms with Gasteiger partial charge in [-0.3, -0.25) is 0 Å². The first-order valence-electron chi connectivity index (χ1n) is 12.2. The van der Waals surface area contributed by atoms with E-state index in [1.165, 1.54) is 13.8 Å². The summed E-state index contributed by atoms with van der Waals surface area (Å²) < 4.78 is 95.1. The molecule has 0 amide bonds. The van der Waals surface area contributed by atoms with Crippen molar-refractivity contribution in [3.63, 3.8) is 0 Å². The molecule has 0 spiro atoms. The van der Waals surface area contributed by atoms with Crippen molar-refractivity contribution in [2.75, 3.05) is 0 Å². The zero-order valence-corrected chi connectivity index (χ0v) is 31.3. The van der Waals surface area contributed by atoms with E-state index in [0.717, 1.165) is 6.92 Å². The molecule has 1 saturated heterocycles. The summed E-state index contributed by atoms with van der Waals surface area (Å²) in [7, 11) is 0. The molecule has 2 bridgehead atoms. The Morgan fingerprint density at radius 2 is 1.24 bits per heavy atom. The van der Waals surface area contributed by atoms with Gasteiger partial charge in [-0.05, 0) is 83.0 Å². The zero-order valence-electron chi connectivity index (χ0n) is 21.8. The second-order valence-corrected chi connectivity index (χ2v) is 26.2. The lowest BCUT2D eigenvalue weighted by molar-refractivity contribution is -0.390. The third-order valence-electron chi connectivity index (χ3n) is 8.97. The van der Waals surface area contributed by atoms with Gasteiger partial charge in [-0.25, -0.2) is 0 Å². The number of hydrogen-bond donors (Lipinski definition) is 0. The van der Waals surface area contributed by atoms with Crippen LogP contribution >= 0.6 is 95.6 Å². The molecule has 1 aliphatic heterocycles. The van der Waals surface area contributed by atoms with Gasteiger partial charge in [-0.1, -0.05) is 109 Å². The minimum atomic E-state index is -5.60. The maximum atomic E-state index is 14.2. The highest BCUT2D eigenvalue weighted by atomic mass is 80.0. The van der Waals surface area contributed by atoms with Gasteiger partial charge in [-0.15, -0.1) is 0 Å². The number of fused-ring (bicyclic) bond motifs is 2. The lowest BCUT2D eigenvalue weighted by Gasteiger charge is -2.56. The van der Waals surface area contributed by atoms with Crippen LogP contribution in [0.3, 0.4) is 0 Å². The van der Waals surface area contributed by atoms with E-state index in [9.17, 15) is 26.3 Å². The van der Waals surface area contributed by atoms with Gasteiger partial charge in [0.05, 0.1) is 11.2 Å². The molecule has 0 aromatic rings. The van der Waals surface area contributed by atoms with Crippen LogP contribution in [0.25, 0.3) is 0 Å². The van der Waals surface area contributed by atoms with E-state index < -0.39 is 50.9 Å². The predicted octanol–water partition coefficient (Wildman–Crippen LogP) is 11.1. The van der Waals surface area contributed by atoms with Gasteiger partial charge in [0, 0.05) is 5.92 Å². The second-order valence-electron chi connectivity index (χ2n) is 12.6. The van der Waals surface area contributed by atoms with E-state index >= 15 is 0 Å². The van der Waals surface area contributed by atoms with Gasteiger partial charge < -0.3 is 9.47 Å². The summed E-state index contributed by atoms with van der Waals surface area (Å²) in [6, 6.07) is 0. The molecule has 38 heavy (non-hydrogen) atoms. The Bertz CT molecular complexity index is 875. The van der Waals surface area contributed by atoms with E-state index in [1.54, 1.807) is 0 Å². The molecule has 7 unspecified atom stereocenters. The van der Waals surface area contributed by atoms with Crippen LogP contribution in [0, 0.1) is 41.4 Å². The van der Waals surface area contributed by atoms with Crippen molar-refractivity contribution in [2.24, 2.45) is 41.4 Å². The van der Waals surface area contributed by atoms with E-state index in [4.69, 9.17) is 9.47 Å². The average Bonchev–Trinajstić information content (AvgIpc) is 3.25. The van der Waals surface area contributed by atoms with Crippen LogP contribution in [0.1, 0.15) is 61.3 Å². The Morgan fingerprint density at radius 1 is 0.789 bits per heavy atom. The average molecular weight is 946 g/mol. The molecule has 2 aliphatic carbocycles. The third-order valence-corrected chi connectivity index (χ3v) is 12.5. The fourth-order valence-electron chi connectivity index (χ4n) is 8.08. The number of halogens is 12. The molecule has 0 N–H and O–H groups in total. The Balaban J connectivity index is 2.09. The van der Waals surface area contributed by atoms with Crippen molar-refractivity contribution >= 4 is 95.6 Å². The first-order chi connectivity index (χ1) is 16.6. The lowest BCUT2D eigenvalue weighted by Crippen LogP contribution is -2.64. The van der Waals surface area contributed by atoms with E-state index in [2.05, 4.69) is 95.6 Å². The standard InChI is InChI=1S/C24H32Br6F6O2/c1-10-13-8-12(9-14(13)20(21(25,26)27,22(28,29)30)37-17(3,4)5)15(10)16-11(2)19(23(31,32)33,24(34,35)36)38-18(16,6)7/h10-16H,8-9H2,1-7H3. The predicted molar refractivity (Wildman–Crippen MR) is 158 cm³/mol.